The molecule has 0 spiro atoms. The third-order valence-corrected chi connectivity index (χ3v) is 3.80. The van der Waals surface area contributed by atoms with Gasteiger partial charge in [-0.2, -0.15) is 0 Å². The summed E-state index contributed by atoms with van der Waals surface area (Å²) in [6.45, 7) is 4.21. The average Bonchev–Trinajstić information content (AvgIpc) is 2.50. The van der Waals surface area contributed by atoms with Gasteiger partial charge in [0.05, 0.1) is 0 Å². The number of hydrogen-bond acceptors (Lipinski definition) is 2. The van der Waals surface area contributed by atoms with Gasteiger partial charge in [-0.15, -0.1) is 0 Å². The monoisotopic (exact) mass is 296 g/mol. The van der Waals surface area contributed by atoms with Crippen LogP contribution >= 0.6 is 0 Å². The smallest absolute Gasteiger partial charge is 0.254 e. The van der Waals surface area contributed by atoms with Crippen LogP contribution in [0, 0.1) is 11.6 Å². The molecule has 1 aliphatic rings. The first-order chi connectivity index (χ1) is 10.1. The van der Waals surface area contributed by atoms with Crippen LogP contribution in [0.15, 0.2) is 18.2 Å². The van der Waals surface area contributed by atoms with Crippen LogP contribution in [0.3, 0.4) is 0 Å². The summed E-state index contributed by atoms with van der Waals surface area (Å²) in [5.74, 6) is -2.14. The van der Waals surface area contributed by atoms with Crippen molar-refractivity contribution in [3.05, 3.63) is 35.4 Å². The molecule has 1 N–H and O–H groups in total. The summed E-state index contributed by atoms with van der Waals surface area (Å²) in [4.78, 5) is 14.2. The Kier molecular flexibility index (Phi) is 5.67. The first-order valence-corrected chi connectivity index (χ1v) is 7.59. The molecule has 0 aromatic heterocycles. The topological polar surface area (TPSA) is 32.3 Å². The van der Waals surface area contributed by atoms with Gasteiger partial charge < -0.3 is 10.2 Å². The molecule has 1 heterocycles. The predicted octanol–water partition coefficient (Wildman–Crippen LogP) is 2.96. The second-order valence-corrected chi connectivity index (χ2v) is 5.53. The van der Waals surface area contributed by atoms with Crippen LogP contribution in [0.2, 0.25) is 0 Å². The van der Waals surface area contributed by atoms with Gasteiger partial charge in [0.25, 0.3) is 5.91 Å². The maximum Gasteiger partial charge on any atom is 0.254 e. The van der Waals surface area contributed by atoms with Crippen molar-refractivity contribution in [1.29, 1.82) is 0 Å². The van der Waals surface area contributed by atoms with Crippen molar-refractivity contribution >= 4 is 5.91 Å². The highest BCUT2D eigenvalue weighted by molar-refractivity contribution is 5.94. The molecule has 1 saturated heterocycles. The summed E-state index contributed by atoms with van der Waals surface area (Å²) in [7, 11) is 0. The standard InChI is InChI=1S/C16H22F2N2O/c1-2-9-20(11-13-5-3-4-8-19-13)16(21)12-6-7-14(17)15(18)10-12/h6-7,10,13,19H,2-5,8-9,11H2,1H3. The number of halogens is 2. The number of benzene rings is 1. The van der Waals surface area contributed by atoms with Gasteiger partial charge in [-0.05, 0) is 44.0 Å². The van der Waals surface area contributed by atoms with Gasteiger partial charge in [0.1, 0.15) is 0 Å². The molecule has 21 heavy (non-hydrogen) atoms. The Labute approximate surface area is 124 Å². The third-order valence-electron chi connectivity index (χ3n) is 3.80. The lowest BCUT2D eigenvalue weighted by Crippen LogP contribution is -2.46. The molecule has 1 aliphatic heterocycles. The van der Waals surface area contributed by atoms with Crippen molar-refractivity contribution < 1.29 is 13.6 Å². The van der Waals surface area contributed by atoms with Crippen molar-refractivity contribution in [2.75, 3.05) is 19.6 Å². The van der Waals surface area contributed by atoms with Crippen LogP contribution in [-0.2, 0) is 0 Å². The fraction of sp³-hybridized carbons (Fsp3) is 0.562. The van der Waals surface area contributed by atoms with E-state index in [0.717, 1.165) is 37.9 Å². The highest BCUT2D eigenvalue weighted by Gasteiger charge is 2.21. The number of amides is 1. The Hall–Kier alpha value is -1.49. The lowest BCUT2D eigenvalue weighted by Gasteiger charge is -2.30. The zero-order valence-electron chi connectivity index (χ0n) is 12.4. The molecule has 1 fully saturated rings. The first kappa shape index (κ1) is 15.9. The fourth-order valence-corrected chi connectivity index (χ4v) is 2.70. The summed E-state index contributed by atoms with van der Waals surface area (Å²) in [5.41, 5.74) is 0.207. The molecule has 0 saturated carbocycles. The minimum Gasteiger partial charge on any atom is -0.337 e. The molecule has 0 bridgehead atoms. The molecule has 1 aromatic rings. The van der Waals surface area contributed by atoms with E-state index in [1.165, 1.54) is 12.5 Å². The van der Waals surface area contributed by atoms with Gasteiger partial charge in [-0.1, -0.05) is 13.3 Å². The van der Waals surface area contributed by atoms with Gasteiger partial charge in [0, 0.05) is 24.7 Å². The molecule has 1 atom stereocenters. The molecule has 116 valence electrons. The number of nitrogens with zero attached hydrogens (tertiary/aromatic N) is 1. The summed E-state index contributed by atoms with van der Waals surface area (Å²) >= 11 is 0. The largest absolute Gasteiger partial charge is 0.337 e. The number of nitrogens with one attached hydrogen (secondary N) is 1. The third kappa shape index (κ3) is 4.24. The van der Waals surface area contributed by atoms with E-state index in [9.17, 15) is 13.6 Å². The Balaban J connectivity index is 2.08. The zero-order chi connectivity index (χ0) is 15.2. The van der Waals surface area contributed by atoms with Crippen molar-refractivity contribution in [3.8, 4) is 0 Å². The van der Waals surface area contributed by atoms with Crippen LogP contribution in [0.1, 0.15) is 43.0 Å². The van der Waals surface area contributed by atoms with E-state index >= 15 is 0 Å². The van der Waals surface area contributed by atoms with Crippen LogP contribution in [0.25, 0.3) is 0 Å². The maximum absolute atomic E-state index is 13.3. The number of piperidine rings is 1. The minimum atomic E-state index is -0.979. The molecule has 1 aromatic carbocycles. The summed E-state index contributed by atoms with van der Waals surface area (Å²) in [6.07, 6.45) is 4.21. The van der Waals surface area contributed by atoms with Gasteiger partial charge in [0.2, 0.25) is 0 Å². The molecular weight excluding hydrogens is 274 g/mol. The molecule has 5 heteroatoms. The average molecular weight is 296 g/mol. The van der Waals surface area contributed by atoms with E-state index in [0.29, 0.717) is 19.1 Å². The summed E-state index contributed by atoms with van der Waals surface area (Å²) in [6, 6.07) is 3.62. The van der Waals surface area contributed by atoms with Gasteiger partial charge in [0.15, 0.2) is 11.6 Å². The Morgan fingerprint density at radius 3 is 2.76 bits per heavy atom. The highest BCUT2D eigenvalue weighted by atomic mass is 19.2. The van der Waals surface area contributed by atoms with E-state index in [1.54, 1.807) is 4.90 Å². The van der Waals surface area contributed by atoms with Crippen molar-refractivity contribution in [3.63, 3.8) is 0 Å². The molecule has 1 unspecified atom stereocenters. The van der Waals surface area contributed by atoms with Gasteiger partial charge in [-0.3, -0.25) is 4.79 Å². The Morgan fingerprint density at radius 1 is 1.33 bits per heavy atom. The number of rotatable bonds is 5. The molecular formula is C16H22F2N2O. The Bertz CT molecular complexity index is 487. The molecule has 1 amide bonds. The fourth-order valence-electron chi connectivity index (χ4n) is 2.70. The van der Waals surface area contributed by atoms with Gasteiger partial charge >= 0.3 is 0 Å². The van der Waals surface area contributed by atoms with E-state index in [1.807, 2.05) is 6.92 Å². The SMILES string of the molecule is CCCN(CC1CCCCN1)C(=O)c1ccc(F)c(F)c1. The molecule has 0 aliphatic carbocycles. The van der Waals surface area contributed by atoms with Crippen molar-refractivity contribution in [2.45, 2.75) is 38.6 Å². The van der Waals surface area contributed by atoms with Crippen LogP contribution in [0.4, 0.5) is 8.78 Å². The maximum atomic E-state index is 13.3. The molecule has 2 rings (SSSR count). The van der Waals surface area contributed by atoms with Crippen LogP contribution in [0.5, 0.6) is 0 Å². The summed E-state index contributed by atoms with van der Waals surface area (Å²) in [5, 5.41) is 3.41. The lowest BCUT2D eigenvalue weighted by atomic mass is 10.0. The number of carbonyl (C=O) groups excluding carboxylic acids is 1. The van der Waals surface area contributed by atoms with E-state index < -0.39 is 11.6 Å². The number of carbonyl (C=O) groups is 1. The first-order valence-electron chi connectivity index (χ1n) is 7.59. The summed E-state index contributed by atoms with van der Waals surface area (Å²) < 4.78 is 26.3. The van der Waals surface area contributed by atoms with Crippen molar-refractivity contribution in [2.24, 2.45) is 0 Å². The van der Waals surface area contributed by atoms with Crippen LogP contribution < -0.4 is 5.32 Å². The Morgan fingerprint density at radius 2 is 2.14 bits per heavy atom. The van der Waals surface area contributed by atoms with E-state index in [-0.39, 0.29) is 11.5 Å². The minimum absolute atomic E-state index is 0.207. The second kappa shape index (κ2) is 7.50. The quantitative estimate of drug-likeness (QED) is 0.906. The lowest BCUT2D eigenvalue weighted by molar-refractivity contribution is 0.0731. The molecule has 0 radical (unpaired) electrons. The van der Waals surface area contributed by atoms with Gasteiger partial charge in [-0.25, -0.2) is 8.78 Å². The normalized spacial score (nSPS) is 18.5. The highest BCUT2D eigenvalue weighted by Crippen LogP contribution is 2.14. The predicted molar refractivity (Wildman–Crippen MR) is 78.2 cm³/mol. The van der Waals surface area contributed by atoms with Crippen LogP contribution in [-0.4, -0.2) is 36.5 Å². The second-order valence-electron chi connectivity index (χ2n) is 5.53. The van der Waals surface area contributed by atoms with E-state index in [2.05, 4.69) is 5.32 Å². The van der Waals surface area contributed by atoms with Crippen molar-refractivity contribution in [1.82, 2.24) is 10.2 Å². The zero-order valence-corrected chi connectivity index (χ0v) is 12.4. The number of hydrogen-bond donors (Lipinski definition) is 1. The van der Waals surface area contributed by atoms with E-state index in [4.69, 9.17) is 0 Å². The molecule has 3 nitrogen and oxygen atoms in total.